The molecule has 2 aromatic rings. The van der Waals surface area contributed by atoms with E-state index in [1.807, 2.05) is 0 Å². The molecule has 17 heavy (non-hydrogen) atoms. The summed E-state index contributed by atoms with van der Waals surface area (Å²) >= 11 is 1.59. The highest BCUT2D eigenvalue weighted by Crippen LogP contribution is 2.30. The Morgan fingerprint density at radius 3 is 2.41 bits per heavy atom. The van der Waals surface area contributed by atoms with E-state index in [1.165, 1.54) is 16.0 Å². The molecule has 0 radical (unpaired) electrons. The first kappa shape index (κ1) is 12.1. The zero-order chi connectivity index (χ0) is 12.4. The third kappa shape index (κ3) is 2.50. The van der Waals surface area contributed by atoms with Gasteiger partial charge in [0.25, 0.3) is 0 Å². The molecule has 1 heterocycles. The fourth-order valence-corrected chi connectivity index (χ4v) is 2.65. The number of benzene rings is 1. The summed E-state index contributed by atoms with van der Waals surface area (Å²) in [6.45, 7) is 6.54. The summed E-state index contributed by atoms with van der Waals surface area (Å²) in [5, 5.41) is 0.657. The van der Waals surface area contributed by atoms with E-state index in [0.29, 0.717) is 11.0 Å². The van der Waals surface area contributed by atoms with E-state index in [0.717, 1.165) is 12.1 Å². The summed E-state index contributed by atoms with van der Waals surface area (Å²) < 4.78 is 0. The van der Waals surface area contributed by atoms with Crippen LogP contribution in [-0.4, -0.2) is 4.98 Å². The average molecular weight is 246 g/mol. The van der Waals surface area contributed by atoms with Gasteiger partial charge in [0.05, 0.1) is 5.69 Å². The summed E-state index contributed by atoms with van der Waals surface area (Å²) in [4.78, 5) is 5.69. The number of rotatable bonds is 3. The van der Waals surface area contributed by atoms with E-state index < -0.39 is 0 Å². The van der Waals surface area contributed by atoms with Crippen LogP contribution in [0.1, 0.15) is 37.1 Å². The van der Waals surface area contributed by atoms with Crippen molar-refractivity contribution >= 4 is 16.5 Å². The van der Waals surface area contributed by atoms with Crippen LogP contribution >= 0.6 is 11.3 Å². The van der Waals surface area contributed by atoms with Crippen molar-refractivity contribution in [1.82, 2.24) is 4.98 Å². The van der Waals surface area contributed by atoms with E-state index in [-0.39, 0.29) is 0 Å². The highest BCUT2D eigenvalue weighted by atomic mass is 32.1. The van der Waals surface area contributed by atoms with Crippen LogP contribution in [0.4, 0.5) is 5.13 Å². The SMILES string of the molecule is CCc1sc(N)nc1-c1ccc(C(C)C)cc1. The van der Waals surface area contributed by atoms with Gasteiger partial charge in [0, 0.05) is 10.4 Å². The molecule has 2 nitrogen and oxygen atoms in total. The van der Waals surface area contributed by atoms with Crippen LogP contribution in [-0.2, 0) is 6.42 Å². The number of nitrogens with zero attached hydrogens (tertiary/aromatic N) is 1. The van der Waals surface area contributed by atoms with E-state index in [4.69, 9.17) is 5.73 Å². The smallest absolute Gasteiger partial charge is 0.180 e. The van der Waals surface area contributed by atoms with Crippen LogP contribution in [0.15, 0.2) is 24.3 Å². The molecule has 1 aromatic carbocycles. The molecule has 0 atom stereocenters. The number of hydrogen-bond donors (Lipinski definition) is 1. The molecular formula is C14H18N2S. The minimum Gasteiger partial charge on any atom is -0.375 e. The number of hydrogen-bond acceptors (Lipinski definition) is 3. The molecule has 0 aliphatic rings. The van der Waals surface area contributed by atoms with Crippen LogP contribution in [0.5, 0.6) is 0 Å². The lowest BCUT2D eigenvalue weighted by Crippen LogP contribution is -1.89. The van der Waals surface area contributed by atoms with E-state index in [9.17, 15) is 0 Å². The van der Waals surface area contributed by atoms with Crippen LogP contribution in [0.3, 0.4) is 0 Å². The summed E-state index contributed by atoms with van der Waals surface area (Å²) in [7, 11) is 0. The van der Waals surface area contributed by atoms with Gasteiger partial charge in [-0.15, -0.1) is 11.3 Å². The van der Waals surface area contributed by atoms with Crippen molar-refractivity contribution in [1.29, 1.82) is 0 Å². The molecule has 0 saturated heterocycles. The van der Waals surface area contributed by atoms with Gasteiger partial charge in [0.1, 0.15) is 0 Å². The van der Waals surface area contributed by atoms with E-state index in [1.54, 1.807) is 11.3 Å². The maximum atomic E-state index is 5.78. The van der Waals surface area contributed by atoms with Gasteiger partial charge in [-0.1, -0.05) is 45.0 Å². The molecule has 0 saturated carbocycles. The quantitative estimate of drug-likeness (QED) is 0.886. The van der Waals surface area contributed by atoms with Gasteiger partial charge in [-0.3, -0.25) is 0 Å². The molecule has 0 fully saturated rings. The predicted octanol–water partition coefficient (Wildman–Crippen LogP) is 4.08. The molecule has 0 spiro atoms. The summed E-state index contributed by atoms with van der Waals surface area (Å²) in [5.74, 6) is 0.565. The van der Waals surface area contributed by atoms with Crippen molar-refractivity contribution in [3.8, 4) is 11.3 Å². The Morgan fingerprint density at radius 1 is 1.24 bits per heavy atom. The van der Waals surface area contributed by atoms with Gasteiger partial charge in [0.2, 0.25) is 0 Å². The van der Waals surface area contributed by atoms with Gasteiger partial charge in [-0.2, -0.15) is 0 Å². The molecule has 2 N–H and O–H groups in total. The third-order valence-electron chi connectivity index (χ3n) is 2.89. The number of nitrogen functional groups attached to an aromatic ring is 1. The normalized spacial score (nSPS) is 11.1. The first-order valence-corrected chi connectivity index (χ1v) is 6.79. The average Bonchev–Trinajstić information content (AvgIpc) is 2.70. The van der Waals surface area contributed by atoms with Crippen molar-refractivity contribution in [2.24, 2.45) is 0 Å². The van der Waals surface area contributed by atoms with Gasteiger partial charge in [-0.25, -0.2) is 4.98 Å². The molecule has 3 heteroatoms. The third-order valence-corrected chi connectivity index (χ3v) is 3.91. The maximum absolute atomic E-state index is 5.78. The summed E-state index contributed by atoms with van der Waals surface area (Å²) in [6.07, 6.45) is 0.982. The number of aromatic nitrogens is 1. The first-order chi connectivity index (χ1) is 8.11. The van der Waals surface area contributed by atoms with Gasteiger partial charge in [0.15, 0.2) is 5.13 Å². The molecule has 1 aromatic heterocycles. The standard InChI is InChI=1S/C14H18N2S/c1-4-12-13(16-14(15)17-12)11-7-5-10(6-8-11)9(2)3/h5-9H,4H2,1-3H3,(H2,15,16). The molecule has 0 aliphatic carbocycles. The lowest BCUT2D eigenvalue weighted by atomic mass is 10.0. The Morgan fingerprint density at radius 2 is 1.88 bits per heavy atom. The Labute approximate surface area is 107 Å². The Kier molecular flexibility index (Phi) is 3.48. The van der Waals surface area contributed by atoms with Crippen molar-refractivity contribution in [3.05, 3.63) is 34.7 Å². The van der Waals surface area contributed by atoms with Gasteiger partial charge < -0.3 is 5.73 Å². The minimum atomic E-state index is 0.565. The largest absolute Gasteiger partial charge is 0.375 e. The van der Waals surface area contributed by atoms with Crippen molar-refractivity contribution in [3.63, 3.8) is 0 Å². The van der Waals surface area contributed by atoms with Crippen LogP contribution in [0, 0.1) is 0 Å². The second-order valence-corrected chi connectivity index (χ2v) is 5.57. The molecule has 2 rings (SSSR count). The fraction of sp³-hybridized carbons (Fsp3) is 0.357. The zero-order valence-electron chi connectivity index (χ0n) is 10.5. The van der Waals surface area contributed by atoms with Crippen LogP contribution < -0.4 is 5.73 Å². The highest BCUT2D eigenvalue weighted by Gasteiger charge is 2.10. The minimum absolute atomic E-state index is 0.565. The maximum Gasteiger partial charge on any atom is 0.180 e. The number of aryl methyl sites for hydroxylation is 1. The summed E-state index contributed by atoms with van der Waals surface area (Å²) in [6, 6.07) is 8.63. The Balaban J connectivity index is 2.39. The predicted molar refractivity (Wildman–Crippen MR) is 75.4 cm³/mol. The molecule has 0 amide bonds. The monoisotopic (exact) mass is 246 g/mol. The molecule has 0 bridgehead atoms. The fourth-order valence-electron chi connectivity index (χ4n) is 1.86. The van der Waals surface area contributed by atoms with E-state index in [2.05, 4.69) is 50.0 Å². The Bertz CT molecular complexity index is 497. The number of anilines is 1. The topological polar surface area (TPSA) is 38.9 Å². The van der Waals surface area contributed by atoms with Gasteiger partial charge in [-0.05, 0) is 17.9 Å². The summed E-state index contributed by atoms with van der Waals surface area (Å²) in [5.41, 5.74) is 9.35. The Hall–Kier alpha value is -1.35. The highest BCUT2D eigenvalue weighted by molar-refractivity contribution is 7.15. The van der Waals surface area contributed by atoms with Crippen molar-refractivity contribution < 1.29 is 0 Å². The second-order valence-electron chi connectivity index (χ2n) is 4.45. The molecule has 0 unspecified atom stereocenters. The van der Waals surface area contributed by atoms with Gasteiger partial charge >= 0.3 is 0 Å². The van der Waals surface area contributed by atoms with Crippen molar-refractivity contribution in [2.45, 2.75) is 33.1 Å². The lowest BCUT2D eigenvalue weighted by molar-refractivity contribution is 0.867. The molecule has 90 valence electrons. The van der Waals surface area contributed by atoms with Crippen LogP contribution in [0.2, 0.25) is 0 Å². The second kappa shape index (κ2) is 4.88. The number of nitrogens with two attached hydrogens (primary N) is 1. The van der Waals surface area contributed by atoms with Crippen LogP contribution in [0.25, 0.3) is 11.3 Å². The van der Waals surface area contributed by atoms with Crippen molar-refractivity contribution in [2.75, 3.05) is 5.73 Å². The van der Waals surface area contributed by atoms with E-state index >= 15 is 0 Å². The lowest BCUT2D eigenvalue weighted by Gasteiger charge is -2.06. The first-order valence-electron chi connectivity index (χ1n) is 5.97. The molecule has 0 aliphatic heterocycles. The zero-order valence-corrected chi connectivity index (χ0v) is 11.3. The number of thiazole rings is 1. The molecular weight excluding hydrogens is 228 g/mol.